The highest BCUT2D eigenvalue weighted by molar-refractivity contribution is 5.95. The van der Waals surface area contributed by atoms with Crippen molar-refractivity contribution in [2.75, 3.05) is 5.32 Å². The van der Waals surface area contributed by atoms with Crippen molar-refractivity contribution in [3.8, 4) is 5.75 Å². The van der Waals surface area contributed by atoms with Crippen molar-refractivity contribution in [3.05, 3.63) is 72.3 Å². The Kier molecular flexibility index (Phi) is 4.70. The molecule has 0 aromatic heterocycles. The standard InChI is InChI=1S/C19H15F2NO2/c20-19(21)24-17-7-3-4-13(10-17)11-18(23)22-16-9-8-14-5-1-2-6-15(14)12-16/h1-10,12,19H,11H2,(H,22,23). The van der Waals surface area contributed by atoms with Crippen molar-refractivity contribution in [2.45, 2.75) is 13.0 Å². The fourth-order valence-corrected chi connectivity index (χ4v) is 2.49. The van der Waals surface area contributed by atoms with Crippen LogP contribution in [0.3, 0.4) is 0 Å². The molecule has 1 amide bonds. The third-order valence-corrected chi connectivity index (χ3v) is 3.52. The number of fused-ring (bicyclic) bond motifs is 1. The largest absolute Gasteiger partial charge is 0.435 e. The molecule has 0 radical (unpaired) electrons. The predicted octanol–water partition coefficient (Wildman–Crippen LogP) is 4.62. The molecule has 0 fully saturated rings. The highest BCUT2D eigenvalue weighted by Gasteiger charge is 2.08. The average Bonchev–Trinajstić information content (AvgIpc) is 2.54. The lowest BCUT2D eigenvalue weighted by molar-refractivity contribution is -0.115. The van der Waals surface area contributed by atoms with Gasteiger partial charge in [-0.3, -0.25) is 4.79 Å². The van der Waals surface area contributed by atoms with Crippen LogP contribution in [0, 0.1) is 0 Å². The van der Waals surface area contributed by atoms with Gasteiger partial charge in [0.05, 0.1) is 6.42 Å². The van der Waals surface area contributed by atoms with Crippen molar-refractivity contribution in [1.82, 2.24) is 0 Å². The lowest BCUT2D eigenvalue weighted by Crippen LogP contribution is -2.14. The monoisotopic (exact) mass is 327 g/mol. The second kappa shape index (κ2) is 7.08. The number of anilines is 1. The van der Waals surface area contributed by atoms with E-state index in [9.17, 15) is 13.6 Å². The van der Waals surface area contributed by atoms with Gasteiger partial charge in [0.25, 0.3) is 0 Å². The highest BCUT2D eigenvalue weighted by atomic mass is 19.3. The van der Waals surface area contributed by atoms with E-state index in [0.29, 0.717) is 11.3 Å². The Morgan fingerprint density at radius 3 is 2.54 bits per heavy atom. The van der Waals surface area contributed by atoms with E-state index in [1.807, 2.05) is 42.5 Å². The van der Waals surface area contributed by atoms with Crippen LogP contribution >= 0.6 is 0 Å². The van der Waals surface area contributed by atoms with Crippen LogP contribution in [0.25, 0.3) is 10.8 Å². The third-order valence-electron chi connectivity index (χ3n) is 3.52. The van der Waals surface area contributed by atoms with Crippen molar-refractivity contribution >= 4 is 22.4 Å². The lowest BCUT2D eigenvalue weighted by Gasteiger charge is -2.08. The van der Waals surface area contributed by atoms with Gasteiger partial charge in [0.15, 0.2) is 0 Å². The number of halogens is 2. The number of carbonyl (C=O) groups excluding carboxylic acids is 1. The summed E-state index contributed by atoms with van der Waals surface area (Å²) >= 11 is 0. The maximum atomic E-state index is 12.2. The van der Waals surface area contributed by atoms with Crippen LogP contribution in [0.15, 0.2) is 66.7 Å². The van der Waals surface area contributed by atoms with Gasteiger partial charge in [-0.1, -0.05) is 42.5 Å². The molecule has 0 bridgehead atoms. The summed E-state index contributed by atoms with van der Waals surface area (Å²) in [6.45, 7) is -2.88. The summed E-state index contributed by atoms with van der Waals surface area (Å²) in [4.78, 5) is 12.2. The van der Waals surface area contributed by atoms with Gasteiger partial charge in [0.1, 0.15) is 5.75 Å². The molecule has 122 valence electrons. The van der Waals surface area contributed by atoms with Crippen LogP contribution in [0.2, 0.25) is 0 Å². The molecule has 0 aliphatic carbocycles. The number of carbonyl (C=O) groups is 1. The molecular formula is C19H15F2NO2. The molecule has 0 saturated carbocycles. The summed E-state index contributed by atoms with van der Waals surface area (Å²) < 4.78 is 28.8. The number of hydrogen-bond donors (Lipinski definition) is 1. The Labute approximate surface area is 137 Å². The third kappa shape index (κ3) is 4.07. The maximum absolute atomic E-state index is 12.2. The van der Waals surface area contributed by atoms with E-state index in [4.69, 9.17) is 0 Å². The first-order valence-corrected chi connectivity index (χ1v) is 7.42. The van der Waals surface area contributed by atoms with Gasteiger partial charge < -0.3 is 10.1 Å². The summed E-state index contributed by atoms with van der Waals surface area (Å²) in [6.07, 6.45) is 0.0767. The average molecular weight is 327 g/mol. The number of alkyl halides is 2. The lowest BCUT2D eigenvalue weighted by atomic mass is 10.1. The number of hydrogen-bond acceptors (Lipinski definition) is 2. The molecule has 0 spiro atoms. The number of ether oxygens (including phenoxy) is 1. The van der Waals surface area contributed by atoms with Gasteiger partial charge in [-0.15, -0.1) is 0 Å². The van der Waals surface area contributed by atoms with Crippen LogP contribution < -0.4 is 10.1 Å². The quantitative estimate of drug-likeness (QED) is 0.742. The minimum Gasteiger partial charge on any atom is -0.435 e. The summed E-state index contributed by atoms with van der Waals surface area (Å²) in [5.74, 6) is -0.180. The second-order valence-electron chi connectivity index (χ2n) is 5.31. The van der Waals surface area contributed by atoms with Gasteiger partial charge in [-0.05, 0) is 40.6 Å². The van der Waals surface area contributed by atoms with Gasteiger partial charge in [0, 0.05) is 5.69 Å². The fraction of sp³-hybridized carbons (Fsp3) is 0.105. The highest BCUT2D eigenvalue weighted by Crippen LogP contribution is 2.20. The Hall–Kier alpha value is -2.95. The molecule has 3 aromatic carbocycles. The van der Waals surface area contributed by atoms with Gasteiger partial charge in [-0.2, -0.15) is 8.78 Å². The Morgan fingerprint density at radius 2 is 1.75 bits per heavy atom. The van der Waals surface area contributed by atoms with E-state index in [-0.39, 0.29) is 18.1 Å². The zero-order valence-corrected chi connectivity index (χ0v) is 12.7. The van der Waals surface area contributed by atoms with E-state index < -0.39 is 6.61 Å². The van der Waals surface area contributed by atoms with Crippen LogP contribution in [0.4, 0.5) is 14.5 Å². The van der Waals surface area contributed by atoms with E-state index in [1.165, 1.54) is 12.1 Å². The summed E-state index contributed by atoms with van der Waals surface area (Å²) in [5.41, 5.74) is 1.30. The first-order valence-electron chi connectivity index (χ1n) is 7.42. The van der Waals surface area contributed by atoms with E-state index >= 15 is 0 Å². The van der Waals surface area contributed by atoms with Crippen molar-refractivity contribution < 1.29 is 18.3 Å². The minimum absolute atomic E-state index is 0.0426. The second-order valence-corrected chi connectivity index (χ2v) is 5.31. The molecule has 0 aliphatic rings. The SMILES string of the molecule is O=C(Cc1cccc(OC(F)F)c1)Nc1ccc2ccccc2c1. The molecule has 0 unspecified atom stereocenters. The first kappa shape index (κ1) is 15.9. The zero-order valence-electron chi connectivity index (χ0n) is 12.7. The number of nitrogens with one attached hydrogen (secondary N) is 1. The molecular weight excluding hydrogens is 312 g/mol. The maximum Gasteiger partial charge on any atom is 0.387 e. The Morgan fingerprint density at radius 1 is 0.958 bits per heavy atom. The molecule has 5 heteroatoms. The smallest absolute Gasteiger partial charge is 0.387 e. The number of rotatable bonds is 5. The Bertz CT molecular complexity index is 865. The molecule has 0 aliphatic heterocycles. The Balaban J connectivity index is 1.68. The zero-order chi connectivity index (χ0) is 16.9. The minimum atomic E-state index is -2.88. The summed E-state index contributed by atoms with van der Waals surface area (Å²) in [6, 6.07) is 19.6. The summed E-state index contributed by atoms with van der Waals surface area (Å²) in [7, 11) is 0. The van der Waals surface area contributed by atoms with Crippen LogP contribution in [0.1, 0.15) is 5.56 Å². The van der Waals surface area contributed by atoms with Crippen molar-refractivity contribution in [3.63, 3.8) is 0 Å². The normalized spacial score (nSPS) is 10.8. The van der Waals surface area contributed by atoms with Gasteiger partial charge >= 0.3 is 6.61 Å². The molecule has 3 nitrogen and oxygen atoms in total. The predicted molar refractivity (Wildman–Crippen MR) is 89.4 cm³/mol. The molecule has 24 heavy (non-hydrogen) atoms. The molecule has 0 atom stereocenters. The topological polar surface area (TPSA) is 38.3 Å². The van der Waals surface area contributed by atoms with Crippen LogP contribution in [0.5, 0.6) is 5.75 Å². The molecule has 0 heterocycles. The molecule has 3 aromatic rings. The molecule has 0 saturated heterocycles. The first-order chi connectivity index (χ1) is 11.6. The van der Waals surface area contributed by atoms with E-state index in [2.05, 4.69) is 10.1 Å². The molecule has 3 rings (SSSR count). The van der Waals surface area contributed by atoms with Gasteiger partial charge in [-0.25, -0.2) is 0 Å². The number of benzene rings is 3. The van der Waals surface area contributed by atoms with Crippen molar-refractivity contribution in [2.24, 2.45) is 0 Å². The van der Waals surface area contributed by atoms with Crippen LogP contribution in [-0.4, -0.2) is 12.5 Å². The van der Waals surface area contributed by atoms with Crippen LogP contribution in [-0.2, 0) is 11.2 Å². The summed E-state index contributed by atoms with van der Waals surface area (Å²) in [5, 5.41) is 4.94. The molecule has 1 N–H and O–H groups in total. The van der Waals surface area contributed by atoms with E-state index in [1.54, 1.807) is 12.1 Å². The number of amides is 1. The fourth-order valence-electron chi connectivity index (χ4n) is 2.49. The van der Waals surface area contributed by atoms with Gasteiger partial charge in [0.2, 0.25) is 5.91 Å². The van der Waals surface area contributed by atoms with Crippen molar-refractivity contribution in [1.29, 1.82) is 0 Å². The van der Waals surface area contributed by atoms with E-state index in [0.717, 1.165) is 10.8 Å².